The average molecular weight is 333 g/mol. The summed E-state index contributed by atoms with van der Waals surface area (Å²) < 4.78 is 10.6. The quantitative estimate of drug-likeness (QED) is 0.859. The molecule has 1 atom stereocenters. The van der Waals surface area contributed by atoms with E-state index in [2.05, 4.69) is 5.32 Å². The van der Waals surface area contributed by atoms with Crippen molar-refractivity contribution in [2.75, 3.05) is 40.5 Å². The lowest BCUT2D eigenvalue weighted by molar-refractivity contribution is -0.133. The zero-order valence-electron chi connectivity index (χ0n) is 14.1. The number of carbonyl (C=O) groups excluding carboxylic acids is 2. The smallest absolute Gasteiger partial charge is 0.254 e. The lowest BCUT2D eigenvalue weighted by Gasteiger charge is -2.28. The third kappa shape index (κ3) is 3.17. The van der Waals surface area contributed by atoms with Crippen LogP contribution in [0.1, 0.15) is 23.2 Å². The van der Waals surface area contributed by atoms with E-state index in [0.29, 0.717) is 36.6 Å². The van der Waals surface area contributed by atoms with Crippen molar-refractivity contribution in [1.82, 2.24) is 15.1 Å². The summed E-state index contributed by atoms with van der Waals surface area (Å²) in [5.41, 5.74) is 0.525. The van der Waals surface area contributed by atoms with Crippen LogP contribution in [0.25, 0.3) is 0 Å². The maximum atomic E-state index is 12.8. The second-order valence-corrected chi connectivity index (χ2v) is 6.09. The molecule has 0 aliphatic carbocycles. The van der Waals surface area contributed by atoms with E-state index in [1.54, 1.807) is 35.0 Å². The van der Waals surface area contributed by atoms with Crippen LogP contribution in [0.5, 0.6) is 11.5 Å². The molecule has 7 nitrogen and oxygen atoms in total. The molecule has 7 heteroatoms. The van der Waals surface area contributed by atoms with Crippen LogP contribution in [-0.4, -0.2) is 68.2 Å². The normalized spacial score (nSPS) is 18.8. The fourth-order valence-electron chi connectivity index (χ4n) is 3.11. The molecule has 3 rings (SSSR count). The van der Waals surface area contributed by atoms with Gasteiger partial charge < -0.3 is 24.6 Å². The maximum absolute atomic E-state index is 12.8. The Labute approximate surface area is 141 Å². The van der Waals surface area contributed by atoms with Gasteiger partial charge in [-0.2, -0.15) is 0 Å². The zero-order valence-corrected chi connectivity index (χ0v) is 14.1. The van der Waals surface area contributed by atoms with Gasteiger partial charge in [0.25, 0.3) is 5.91 Å². The number of fused-ring (bicyclic) bond motifs is 1. The molecule has 1 fully saturated rings. The van der Waals surface area contributed by atoms with E-state index >= 15 is 0 Å². The van der Waals surface area contributed by atoms with Crippen LogP contribution in [-0.2, 0) is 4.79 Å². The topological polar surface area (TPSA) is 71.1 Å². The number of benzene rings is 1. The van der Waals surface area contributed by atoms with E-state index in [-0.39, 0.29) is 24.6 Å². The molecule has 130 valence electrons. The van der Waals surface area contributed by atoms with E-state index in [9.17, 15) is 9.59 Å². The first-order valence-corrected chi connectivity index (χ1v) is 8.22. The van der Waals surface area contributed by atoms with Crippen LogP contribution >= 0.6 is 0 Å². The minimum absolute atomic E-state index is 0.00292. The number of nitrogens with zero attached hydrogens (tertiary/aromatic N) is 2. The molecule has 2 aliphatic rings. The number of likely N-dealkylation sites (N-methyl/N-ethyl adjacent to an activating group) is 2. The molecule has 2 heterocycles. The molecule has 1 aromatic rings. The van der Waals surface area contributed by atoms with Crippen molar-refractivity contribution in [3.05, 3.63) is 23.8 Å². The number of amides is 2. The Morgan fingerprint density at radius 1 is 1.33 bits per heavy atom. The highest BCUT2D eigenvalue weighted by Crippen LogP contribution is 2.33. The van der Waals surface area contributed by atoms with Gasteiger partial charge in [-0.3, -0.25) is 9.59 Å². The van der Waals surface area contributed by atoms with Crippen LogP contribution in [0.3, 0.4) is 0 Å². The molecule has 0 aromatic heterocycles. The molecule has 1 N–H and O–H groups in total. The first-order valence-electron chi connectivity index (χ1n) is 8.22. The summed E-state index contributed by atoms with van der Waals surface area (Å²) in [7, 11) is 3.63. The minimum atomic E-state index is -0.384. The molecule has 0 spiro atoms. The van der Waals surface area contributed by atoms with Crippen LogP contribution in [0, 0.1) is 0 Å². The van der Waals surface area contributed by atoms with Crippen molar-refractivity contribution in [3.8, 4) is 11.5 Å². The first kappa shape index (κ1) is 16.6. The molecule has 1 unspecified atom stereocenters. The maximum Gasteiger partial charge on any atom is 0.254 e. The minimum Gasteiger partial charge on any atom is -0.454 e. The van der Waals surface area contributed by atoms with Gasteiger partial charge in [0.05, 0.1) is 0 Å². The number of hydrogen-bond donors (Lipinski definition) is 1. The summed E-state index contributed by atoms with van der Waals surface area (Å²) >= 11 is 0. The summed E-state index contributed by atoms with van der Waals surface area (Å²) in [6.45, 7) is 2.13. The van der Waals surface area contributed by atoms with Gasteiger partial charge in [0.2, 0.25) is 12.7 Å². The highest BCUT2D eigenvalue weighted by atomic mass is 16.7. The zero-order chi connectivity index (χ0) is 17.1. The van der Waals surface area contributed by atoms with Crippen molar-refractivity contribution in [1.29, 1.82) is 0 Å². The molecular formula is C17H23N3O4. The van der Waals surface area contributed by atoms with Gasteiger partial charge in [-0.15, -0.1) is 0 Å². The fraction of sp³-hybridized carbons (Fsp3) is 0.529. The van der Waals surface area contributed by atoms with E-state index in [4.69, 9.17) is 9.47 Å². The van der Waals surface area contributed by atoms with Gasteiger partial charge in [0.15, 0.2) is 11.5 Å². The van der Waals surface area contributed by atoms with Gasteiger partial charge in [0, 0.05) is 32.2 Å². The van der Waals surface area contributed by atoms with Crippen molar-refractivity contribution < 1.29 is 19.1 Å². The third-order valence-electron chi connectivity index (χ3n) is 4.49. The molecule has 2 amide bonds. The Morgan fingerprint density at radius 2 is 2.12 bits per heavy atom. The number of rotatable bonds is 5. The standard InChI is InChI=1S/C17H23N3O4/c1-18-7-9-19(2)17(22)13-4-3-8-20(13)16(21)12-5-6-14-15(10-12)24-11-23-14/h5-6,10,13,18H,3-4,7-9,11H2,1-2H3. The van der Waals surface area contributed by atoms with Gasteiger partial charge in [-0.25, -0.2) is 0 Å². The highest BCUT2D eigenvalue weighted by Gasteiger charge is 2.36. The van der Waals surface area contributed by atoms with Gasteiger partial charge >= 0.3 is 0 Å². The summed E-state index contributed by atoms with van der Waals surface area (Å²) in [4.78, 5) is 28.9. The van der Waals surface area contributed by atoms with E-state index in [1.807, 2.05) is 7.05 Å². The SMILES string of the molecule is CNCCN(C)C(=O)C1CCCN1C(=O)c1ccc2c(c1)OCO2. The average Bonchev–Trinajstić information content (AvgIpc) is 3.26. The number of likely N-dealkylation sites (tertiary alicyclic amines) is 1. The van der Waals surface area contributed by atoms with Crippen molar-refractivity contribution in [2.45, 2.75) is 18.9 Å². The van der Waals surface area contributed by atoms with Crippen LogP contribution < -0.4 is 14.8 Å². The van der Waals surface area contributed by atoms with E-state index < -0.39 is 0 Å². The molecule has 2 aliphatic heterocycles. The number of nitrogens with one attached hydrogen (secondary N) is 1. The molecule has 0 radical (unpaired) electrons. The predicted octanol–water partition coefficient (Wildman–Crippen LogP) is 0.698. The van der Waals surface area contributed by atoms with Gasteiger partial charge in [0.1, 0.15) is 6.04 Å². The lowest BCUT2D eigenvalue weighted by atomic mass is 10.1. The van der Waals surface area contributed by atoms with Gasteiger partial charge in [-0.05, 0) is 38.1 Å². The molecule has 24 heavy (non-hydrogen) atoms. The largest absolute Gasteiger partial charge is 0.454 e. The Hall–Kier alpha value is -2.28. The molecule has 0 saturated carbocycles. The Balaban J connectivity index is 1.72. The van der Waals surface area contributed by atoms with Gasteiger partial charge in [-0.1, -0.05) is 0 Å². The third-order valence-corrected chi connectivity index (χ3v) is 4.49. The van der Waals surface area contributed by atoms with E-state index in [1.165, 1.54) is 0 Å². The molecular weight excluding hydrogens is 310 g/mol. The van der Waals surface area contributed by atoms with Crippen molar-refractivity contribution in [3.63, 3.8) is 0 Å². The first-order chi connectivity index (χ1) is 11.6. The fourth-order valence-corrected chi connectivity index (χ4v) is 3.11. The number of ether oxygens (including phenoxy) is 2. The second kappa shape index (κ2) is 7.09. The predicted molar refractivity (Wildman–Crippen MR) is 88.2 cm³/mol. The molecule has 1 saturated heterocycles. The Morgan fingerprint density at radius 3 is 2.92 bits per heavy atom. The summed E-state index contributed by atoms with van der Waals surface area (Å²) in [6.07, 6.45) is 1.55. The summed E-state index contributed by atoms with van der Waals surface area (Å²) in [5.74, 6) is 1.09. The molecule has 1 aromatic carbocycles. The van der Waals surface area contributed by atoms with Crippen LogP contribution in [0.2, 0.25) is 0 Å². The second-order valence-electron chi connectivity index (χ2n) is 6.09. The Bertz CT molecular complexity index is 634. The lowest BCUT2D eigenvalue weighted by Crippen LogP contribution is -2.47. The van der Waals surface area contributed by atoms with Crippen molar-refractivity contribution in [2.24, 2.45) is 0 Å². The Kier molecular flexibility index (Phi) is 4.89. The monoisotopic (exact) mass is 333 g/mol. The highest BCUT2D eigenvalue weighted by molar-refractivity contribution is 5.98. The van der Waals surface area contributed by atoms with Crippen molar-refractivity contribution >= 4 is 11.8 Å². The van der Waals surface area contributed by atoms with Crippen LogP contribution in [0.15, 0.2) is 18.2 Å². The van der Waals surface area contributed by atoms with Crippen LogP contribution in [0.4, 0.5) is 0 Å². The summed E-state index contributed by atoms with van der Waals surface area (Å²) in [5, 5.41) is 3.03. The molecule has 0 bridgehead atoms. The summed E-state index contributed by atoms with van der Waals surface area (Å²) in [6, 6.07) is 4.77. The number of hydrogen-bond acceptors (Lipinski definition) is 5. The number of carbonyl (C=O) groups is 2. The van der Waals surface area contributed by atoms with E-state index in [0.717, 1.165) is 13.0 Å².